The maximum Gasteiger partial charge on any atom is 0.408 e. The third kappa shape index (κ3) is 8.18. The molecule has 3 N–H and O–H groups in total. The van der Waals surface area contributed by atoms with E-state index in [2.05, 4.69) is 10.6 Å². The smallest absolute Gasteiger partial charge is 0.408 e. The number of carbonyl (C=O) groups excluding carboxylic acids is 4. The Labute approximate surface area is 347 Å². The van der Waals surface area contributed by atoms with Gasteiger partial charge < -0.3 is 25.0 Å². The number of alkyl carbamates (subject to hydrolysis) is 1. The zero-order valence-corrected chi connectivity index (χ0v) is 35.3. The van der Waals surface area contributed by atoms with Gasteiger partial charge in [-0.2, -0.15) is 0 Å². The third-order valence-electron chi connectivity index (χ3n) is 13.7. The monoisotopic (exact) mass is 862 g/mol. The Bertz CT molecular complexity index is 2140. The molecule has 0 spiro atoms. The highest BCUT2D eigenvalue weighted by molar-refractivity contribution is 7.91. The normalized spacial score (nSPS) is 33.9. The summed E-state index contributed by atoms with van der Waals surface area (Å²) in [7, 11) is -4.14. The minimum absolute atomic E-state index is 0.183. The van der Waals surface area contributed by atoms with Gasteiger partial charge in [-0.15, -0.1) is 0 Å². The lowest BCUT2D eigenvalue weighted by atomic mass is 9.71. The fraction of sp³-hybridized carbons (Fsp3) is 0.707. The summed E-state index contributed by atoms with van der Waals surface area (Å²) in [6.45, 7) is 6.78. The maximum atomic E-state index is 14.9. The lowest BCUT2D eigenvalue weighted by Crippen LogP contribution is -2.61. The first-order valence-electron chi connectivity index (χ1n) is 20.9. The van der Waals surface area contributed by atoms with Crippen molar-refractivity contribution in [3.63, 3.8) is 0 Å². The standard InChI is InChI=1S/C41H53ClF2N6O8S/c1-20-31-19-50(32(20)35(51)48-41(18-26(41)34(43)44)38(53)49-59(55,56)23-12-13-23)37(52)33(40(2,3)4)47-39(54)58-30-16-21-10-14-24(21)25(30)8-6-5-7-9-28-36(57-31)46-29-17-22(42)11-15-27(29)45-28/h11,15,17,20-21,23-26,30-34H,5-10,12-14,16,18-19H2,1-4H3,(H,47,54)(H,48,51)(H,49,53)/t20-,21+,24+,25-,26+,30-,31+,32+,33-,41-/m1/s1. The molecule has 1 aromatic heterocycles. The minimum atomic E-state index is -4.14. The van der Waals surface area contributed by atoms with Gasteiger partial charge in [-0.25, -0.2) is 32.0 Å². The summed E-state index contributed by atoms with van der Waals surface area (Å²) in [4.78, 5) is 67.7. The second-order valence-corrected chi connectivity index (χ2v) is 21.1. The highest BCUT2D eigenvalue weighted by Gasteiger charge is 2.67. The number of rotatable bonds is 6. The van der Waals surface area contributed by atoms with Crippen molar-refractivity contribution in [2.75, 3.05) is 6.54 Å². The molecule has 0 unspecified atom stereocenters. The Kier molecular flexibility index (Phi) is 11.0. The Hall–Kier alpha value is -3.86. The number of alkyl halides is 2. The van der Waals surface area contributed by atoms with Crippen LogP contribution in [0.1, 0.15) is 97.6 Å². The van der Waals surface area contributed by atoms with E-state index in [0.717, 1.165) is 44.9 Å². The van der Waals surface area contributed by atoms with Gasteiger partial charge in [0.05, 0.1) is 28.7 Å². The fourth-order valence-electron chi connectivity index (χ4n) is 9.88. The van der Waals surface area contributed by atoms with Crippen LogP contribution in [-0.4, -0.2) is 95.2 Å². The molecule has 18 heteroatoms. The lowest BCUT2D eigenvalue weighted by molar-refractivity contribution is -0.143. The number of nitrogens with one attached hydrogen (secondary N) is 3. The molecule has 59 heavy (non-hydrogen) atoms. The summed E-state index contributed by atoms with van der Waals surface area (Å²) in [5, 5.41) is 4.94. The molecule has 14 nitrogen and oxygen atoms in total. The van der Waals surface area contributed by atoms with Crippen molar-refractivity contribution in [2.45, 2.75) is 140 Å². The quantitative estimate of drug-likeness (QED) is 0.345. The topological polar surface area (TPSA) is 186 Å². The van der Waals surface area contributed by atoms with E-state index in [1.807, 2.05) is 4.72 Å². The Morgan fingerprint density at radius 1 is 1.00 bits per heavy atom. The summed E-state index contributed by atoms with van der Waals surface area (Å²) >= 11 is 6.33. The predicted octanol–water partition coefficient (Wildman–Crippen LogP) is 5.30. The third-order valence-corrected chi connectivity index (χ3v) is 15.7. The van der Waals surface area contributed by atoms with E-state index < -0.39 is 92.9 Å². The summed E-state index contributed by atoms with van der Waals surface area (Å²) in [5.41, 5.74) is -1.45. The van der Waals surface area contributed by atoms with Gasteiger partial charge in [-0.3, -0.25) is 19.1 Å². The van der Waals surface area contributed by atoms with Crippen molar-refractivity contribution >= 4 is 56.5 Å². The Balaban J connectivity index is 1.15. The van der Waals surface area contributed by atoms with E-state index in [9.17, 15) is 36.4 Å². The van der Waals surface area contributed by atoms with Gasteiger partial charge in [-0.05, 0) is 99.2 Å². The molecular formula is C41H53ClF2N6O8S. The van der Waals surface area contributed by atoms with Crippen LogP contribution in [0, 0.1) is 35.0 Å². The SMILES string of the molecule is C[C@@H]1[C@@H]2CN(C(=O)[C@H](C(C)(C)C)NC(=O)O[C@@H]3C[C@@H]4CC[C@@H]4[C@H]3CCCCCc3nc4ccc(Cl)cc4nc3O2)[C@@H]1C(=O)N[C@]1(C(=O)NS(=O)(=O)C2CC2)C[C@H]1C(F)F. The summed E-state index contributed by atoms with van der Waals surface area (Å²) < 4.78 is 68.8. The molecule has 8 rings (SSSR count). The Morgan fingerprint density at radius 2 is 1.76 bits per heavy atom. The number of ether oxygens (including phenoxy) is 2. The van der Waals surface area contributed by atoms with Gasteiger partial charge in [0.25, 0.3) is 5.91 Å². The van der Waals surface area contributed by atoms with Crippen molar-refractivity contribution < 1.29 is 45.9 Å². The van der Waals surface area contributed by atoms with Crippen molar-refractivity contribution in [3.8, 4) is 5.88 Å². The number of hydrogen-bond acceptors (Lipinski definition) is 10. The summed E-state index contributed by atoms with van der Waals surface area (Å²) in [5.74, 6) is -3.95. The largest absolute Gasteiger partial charge is 0.471 e. The van der Waals surface area contributed by atoms with E-state index >= 15 is 0 Å². The first kappa shape index (κ1) is 41.9. The van der Waals surface area contributed by atoms with Crippen molar-refractivity contribution in [1.29, 1.82) is 0 Å². The van der Waals surface area contributed by atoms with Crippen LogP contribution in [-0.2, 0) is 35.6 Å². The van der Waals surface area contributed by atoms with Crippen molar-refractivity contribution in [2.24, 2.45) is 35.0 Å². The predicted molar refractivity (Wildman–Crippen MR) is 212 cm³/mol. The number of aryl methyl sites for hydroxylation is 1. The number of hydrogen-bond donors (Lipinski definition) is 3. The summed E-state index contributed by atoms with van der Waals surface area (Å²) in [6.07, 6.45) is 2.11. The molecule has 3 heterocycles. The zero-order valence-electron chi connectivity index (χ0n) is 33.7. The second kappa shape index (κ2) is 15.6. The lowest BCUT2D eigenvalue weighted by Gasteiger charge is -2.36. The van der Waals surface area contributed by atoms with Crippen molar-refractivity contribution in [3.05, 3.63) is 28.9 Å². The molecule has 2 aromatic rings. The molecule has 4 aliphatic carbocycles. The van der Waals surface area contributed by atoms with Gasteiger partial charge in [0.15, 0.2) is 0 Å². The number of sulfonamides is 1. The minimum Gasteiger partial charge on any atom is -0.471 e. The molecule has 1 aromatic carbocycles. The molecule has 2 aliphatic heterocycles. The average Bonchev–Trinajstić information content (AvgIpc) is 4.07. The molecule has 6 aliphatic rings. The molecule has 0 radical (unpaired) electrons. The fourth-order valence-corrected chi connectivity index (χ4v) is 11.4. The van der Waals surface area contributed by atoms with E-state index in [4.69, 9.17) is 31.0 Å². The van der Waals surface area contributed by atoms with E-state index in [1.165, 1.54) is 4.90 Å². The van der Waals surface area contributed by atoms with Crippen LogP contribution in [0.5, 0.6) is 5.88 Å². The molecule has 10 atom stereocenters. The summed E-state index contributed by atoms with van der Waals surface area (Å²) in [6, 6.07) is 2.56. The first-order valence-corrected chi connectivity index (χ1v) is 22.9. The number of carbonyl (C=O) groups is 4. The second-order valence-electron chi connectivity index (χ2n) is 18.7. The number of nitrogens with zero attached hydrogens (tertiary/aromatic N) is 3. The van der Waals surface area contributed by atoms with E-state index in [1.54, 1.807) is 45.9 Å². The van der Waals surface area contributed by atoms with Gasteiger partial charge in [-0.1, -0.05) is 52.1 Å². The molecular weight excluding hydrogens is 810 g/mol. The molecule has 1 saturated heterocycles. The molecule has 2 bridgehead atoms. The highest BCUT2D eigenvalue weighted by atomic mass is 35.5. The van der Waals surface area contributed by atoms with Crippen LogP contribution in [0.3, 0.4) is 0 Å². The van der Waals surface area contributed by atoms with Crippen LogP contribution in [0.15, 0.2) is 18.2 Å². The number of halogens is 3. The van der Waals surface area contributed by atoms with Crippen LogP contribution >= 0.6 is 11.6 Å². The van der Waals surface area contributed by atoms with Gasteiger partial charge in [0.2, 0.25) is 34.1 Å². The van der Waals surface area contributed by atoms with Crippen LogP contribution in [0.25, 0.3) is 11.0 Å². The molecule has 322 valence electrons. The van der Waals surface area contributed by atoms with Crippen LogP contribution in [0.2, 0.25) is 5.02 Å². The number of aromatic nitrogens is 2. The maximum absolute atomic E-state index is 14.9. The zero-order chi connectivity index (χ0) is 42.2. The van der Waals surface area contributed by atoms with E-state index in [-0.39, 0.29) is 24.4 Å². The van der Waals surface area contributed by atoms with Crippen LogP contribution in [0.4, 0.5) is 13.6 Å². The number of amides is 4. The molecule has 4 amide bonds. The van der Waals surface area contributed by atoms with Crippen LogP contribution < -0.4 is 20.1 Å². The average molecular weight is 863 g/mol. The van der Waals surface area contributed by atoms with Gasteiger partial charge >= 0.3 is 6.09 Å². The highest BCUT2D eigenvalue weighted by Crippen LogP contribution is 2.53. The van der Waals surface area contributed by atoms with Gasteiger partial charge in [0, 0.05) is 10.9 Å². The Morgan fingerprint density at radius 3 is 2.42 bits per heavy atom. The van der Waals surface area contributed by atoms with E-state index in [0.29, 0.717) is 52.8 Å². The number of fused-ring (bicyclic) bond motifs is 7. The number of benzene rings is 1. The molecule has 5 fully saturated rings. The molecule has 4 saturated carbocycles. The van der Waals surface area contributed by atoms with Crippen molar-refractivity contribution in [1.82, 2.24) is 30.2 Å². The van der Waals surface area contributed by atoms with Gasteiger partial charge in [0.1, 0.15) is 35.5 Å². The first-order chi connectivity index (χ1) is 27.9.